The molecule has 0 radical (unpaired) electrons. The summed E-state index contributed by atoms with van der Waals surface area (Å²) in [5.41, 5.74) is 4.46. The summed E-state index contributed by atoms with van der Waals surface area (Å²) in [4.78, 5) is 11.1. The lowest BCUT2D eigenvalue weighted by molar-refractivity contribution is -0.135. The third kappa shape index (κ3) is 2.46. The molecule has 0 unspecified atom stereocenters. The summed E-state index contributed by atoms with van der Waals surface area (Å²) < 4.78 is 14.2. The zero-order valence-electron chi connectivity index (χ0n) is 12.1. The number of carboxylic acid groups (broad SMARTS) is 1. The van der Waals surface area contributed by atoms with Gasteiger partial charge in [-0.15, -0.1) is 0 Å². The van der Waals surface area contributed by atoms with Crippen LogP contribution in [0.5, 0.6) is 0 Å². The minimum Gasteiger partial charge on any atom is -0.481 e. The molecule has 0 aromatic heterocycles. The number of carboxylic acids is 1. The maximum Gasteiger partial charge on any atom is 0.307 e. The number of rotatable bonds is 3. The molecule has 0 saturated carbocycles. The van der Waals surface area contributed by atoms with E-state index in [1.807, 2.05) is 49.4 Å². The van der Waals surface area contributed by atoms with Crippen molar-refractivity contribution in [2.75, 3.05) is 0 Å². The van der Waals surface area contributed by atoms with Gasteiger partial charge in [0.05, 0.1) is 6.42 Å². The lowest BCUT2D eigenvalue weighted by Gasteiger charge is -2.05. The zero-order chi connectivity index (χ0) is 15.7. The maximum absolute atomic E-state index is 14.2. The molecule has 22 heavy (non-hydrogen) atoms. The first kappa shape index (κ1) is 14.3. The highest BCUT2D eigenvalue weighted by Crippen LogP contribution is 2.44. The summed E-state index contributed by atoms with van der Waals surface area (Å²) in [6.07, 6.45) is 1.80. The third-order valence-corrected chi connectivity index (χ3v) is 3.90. The Morgan fingerprint density at radius 3 is 2.55 bits per heavy atom. The molecule has 3 rings (SSSR count). The van der Waals surface area contributed by atoms with Gasteiger partial charge in [-0.25, -0.2) is 4.39 Å². The highest BCUT2D eigenvalue weighted by molar-refractivity contribution is 6.07. The van der Waals surface area contributed by atoms with E-state index in [4.69, 9.17) is 5.11 Å². The van der Waals surface area contributed by atoms with Crippen LogP contribution >= 0.6 is 0 Å². The van der Waals surface area contributed by atoms with Crippen molar-refractivity contribution in [3.8, 4) is 0 Å². The third-order valence-electron chi connectivity index (χ3n) is 3.90. The van der Waals surface area contributed by atoms with Crippen LogP contribution in [0.4, 0.5) is 4.39 Å². The Bertz CT molecular complexity index is 801. The molecule has 1 aliphatic rings. The van der Waals surface area contributed by atoms with Crippen LogP contribution < -0.4 is 0 Å². The first-order valence-corrected chi connectivity index (χ1v) is 7.06. The van der Waals surface area contributed by atoms with E-state index in [0.29, 0.717) is 11.1 Å². The molecule has 110 valence electrons. The van der Waals surface area contributed by atoms with Crippen LogP contribution in [0.25, 0.3) is 17.2 Å². The van der Waals surface area contributed by atoms with Crippen molar-refractivity contribution in [2.45, 2.75) is 13.3 Å². The average Bonchev–Trinajstić information content (AvgIpc) is 2.75. The summed E-state index contributed by atoms with van der Waals surface area (Å²) >= 11 is 0. The molecule has 0 saturated heterocycles. The van der Waals surface area contributed by atoms with Gasteiger partial charge in [-0.2, -0.15) is 0 Å². The summed E-state index contributed by atoms with van der Waals surface area (Å²) in [5, 5.41) is 9.11. The molecule has 0 fully saturated rings. The highest BCUT2D eigenvalue weighted by Gasteiger charge is 2.27. The molecule has 0 bridgehead atoms. The van der Waals surface area contributed by atoms with Gasteiger partial charge in [-0.1, -0.05) is 42.5 Å². The fourth-order valence-corrected chi connectivity index (χ4v) is 2.88. The lowest BCUT2D eigenvalue weighted by Crippen LogP contribution is -1.98. The van der Waals surface area contributed by atoms with Crippen LogP contribution in [-0.4, -0.2) is 11.1 Å². The Morgan fingerprint density at radius 1 is 1.14 bits per heavy atom. The SMILES string of the molecule is CC1=C(CC(=O)O)c2c(F)cccc2C1=Cc1ccccc1. The van der Waals surface area contributed by atoms with E-state index in [1.54, 1.807) is 6.07 Å². The van der Waals surface area contributed by atoms with Crippen molar-refractivity contribution in [3.63, 3.8) is 0 Å². The molecular weight excluding hydrogens is 279 g/mol. The molecule has 0 atom stereocenters. The minimum atomic E-state index is -0.954. The standard InChI is InChI=1S/C19H15FO2/c1-12-15(10-13-6-3-2-4-7-13)14-8-5-9-17(20)19(14)16(12)11-18(21)22/h2-10H,11H2,1H3,(H,21,22). The molecule has 0 spiro atoms. The van der Waals surface area contributed by atoms with E-state index in [1.165, 1.54) is 6.07 Å². The number of fused-ring (bicyclic) bond motifs is 1. The highest BCUT2D eigenvalue weighted by atomic mass is 19.1. The molecule has 0 heterocycles. The van der Waals surface area contributed by atoms with Crippen molar-refractivity contribution < 1.29 is 14.3 Å². The van der Waals surface area contributed by atoms with Crippen LogP contribution in [0.1, 0.15) is 30.0 Å². The summed E-state index contributed by atoms with van der Waals surface area (Å²) in [6.45, 7) is 1.85. The largest absolute Gasteiger partial charge is 0.481 e. The second-order valence-electron chi connectivity index (χ2n) is 5.31. The number of halogens is 1. The van der Waals surface area contributed by atoms with Gasteiger partial charge in [0.25, 0.3) is 0 Å². The Kier molecular flexibility index (Phi) is 3.63. The second kappa shape index (κ2) is 5.60. The predicted octanol–water partition coefficient (Wildman–Crippen LogP) is 4.63. The van der Waals surface area contributed by atoms with Crippen molar-refractivity contribution in [3.05, 3.63) is 76.6 Å². The fourth-order valence-electron chi connectivity index (χ4n) is 2.88. The fraction of sp³-hybridized carbons (Fsp3) is 0.105. The Balaban J connectivity index is 2.20. The van der Waals surface area contributed by atoms with Gasteiger partial charge < -0.3 is 5.11 Å². The number of hydrogen-bond donors (Lipinski definition) is 1. The molecular formula is C19H15FO2. The average molecular weight is 294 g/mol. The molecule has 1 aliphatic carbocycles. The summed E-state index contributed by atoms with van der Waals surface area (Å²) in [6, 6.07) is 14.6. The van der Waals surface area contributed by atoms with E-state index in [-0.39, 0.29) is 12.2 Å². The zero-order valence-corrected chi connectivity index (χ0v) is 12.1. The van der Waals surface area contributed by atoms with E-state index < -0.39 is 5.97 Å². The molecule has 0 amide bonds. The van der Waals surface area contributed by atoms with Crippen molar-refractivity contribution >= 4 is 23.2 Å². The van der Waals surface area contributed by atoms with E-state index >= 15 is 0 Å². The number of benzene rings is 2. The summed E-state index contributed by atoms with van der Waals surface area (Å²) in [5.74, 6) is -1.32. The van der Waals surface area contributed by atoms with Gasteiger partial charge in [-0.05, 0) is 46.9 Å². The van der Waals surface area contributed by atoms with Crippen molar-refractivity contribution in [1.82, 2.24) is 0 Å². The van der Waals surface area contributed by atoms with Crippen molar-refractivity contribution in [1.29, 1.82) is 0 Å². The molecule has 1 N–H and O–H groups in total. The topological polar surface area (TPSA) is 37.3 Å². The van der Waals surface area contributed by atoms with Crippen LogP contribution in [0.3, 0.4) is 0 Å². The first-order valence-electron chi connectivity index (χ1n) is 7.06. The number of allylic oxidation sites excluding steroid dienone is 2. The van der Waals surface area contributed by atoms with Gasteiger partial charge >= 0.3 is 5.97 Å². The smallest absolute Gasteiger partial charge is 0.307 e. The van der Waals surface area contributed by atoms with Gasteiger partial charge in [0.15, 0.2) is 0 Å². The number of carbonyl (C=O) groups is 1. The molecule has 2 nitrogen and oxygen atoms in total. The van der Waals surface area contributed by atoms with E-state index in [2.05, 4.69) is 0 Å². The number of aliphatic carboxylic acids is 1. The molecule has 3 heteroatoms. The predicted molar refractivity (Wildman–Crippen MR) is 85.6 cm³/mol. The molecule has 2 aromatic carbocycles. The monoisotopic (exact) mass is 294 g/mol. The Labute approximate surface area is 128 Å². The van der Waals surface area contributed by atoms with E-state index in [0.717, 1.165) is 22.3 Å². The van der Waals surface area contributed by atoms with Crippen LogP contribution in [0.15, 0.2) is 54.1 Å². The van der Waals surface area contributed by atoms with Crippen molar-refractivity contribution in [2.24, 2.45) is 0 Å². The maximum atomic E-state index is 14.2. The molecule has 2 aromatic rings. The quantitative estimate of drug-likeness (QED) is 0.896. The van der Waals surface area contributed by atoms with E-state index in [9.17, 15) is 9.18 Å². The van der Waals surface area contributed by atoms with Gasteiger partial charge in [-0.3, -0.25) is 4.79 Å². The van der Waals surface area contributed by atoms with Gasteiger partial charge in [0, 0.05) is 5.56 Å². The summed E-state index contributed by atoms with van der Waals surface area (Å²) in [7, 11) is 0. The lowest BCUT2D eigenvalue weighted by atomic mass is 10.0. The minimum absolute atomic E-state index is 0.175. The molecule has 0 aliphatic heterocycles. The Hall–Kier alpha value is -2.68. The number of hydrogen-bond acceptors (Lipinski definition) is 1. The first-order chi connectivity index (χ1) is 10.6. The Morgan fingerprint density at radius 2 is 1.86 bits per heavy atom. The van der Waals surface area contributed by atoms with Gasteiger partial charge in [0.2, 0.25) is 0 Å². The van der Waals surface area contributed by atoms with Crippen LogP contribution in [-0.2, 0) is 4.79 Å². The van der Waals surface area contributed by atoms with Crippen LogP contribution in [0, 0.1) is 5.82 Å². The van der Waals surface area contributed by atoms with Crippen LogP contribution in [0.2, 0.25) is 0 Å². The van der Waals surface area contributed by atoms with Gasteiger partial charge in [0.1, 0.15) is 5.82 Å². The normalized spacial score (nSPS) is 15.3. The second-order valence-corrected chi connectivity index (χ2v) is 5.31.